The first kappa shape index (κ1) is 12.3. The van der Waals surface area contributed by atoms with Gasteiger partial charge >= 0.3 is 0 Å². The Morgan fingerprint density at radius 2 is 2.18 bits per heavy atom. The van der Waals surface area contributed by atoms with Gasteiger partial charge in [-0.3, -0.25) is 4.68 Å². The second-order valence-electron chi connectivity index (χ2n) is 4.27. The monoisotopic (exact) mass is 249 g/mol. The third-order valence-electron chi connectivity index (χ3n) is 2.98. The molecule has 92 valence electrons. The smallest absolute Gasteiger partial charge is 0.0644 e. The molecule has 0 bridgehead atoms. The number of hydrogen-bond donors (Lipinski definition) is 1. The Labute approximate surface area is 106 Å². The Morgan fingerprint density at radius 1 is 1.41 bits per heavy atom. The molecule has 1 N–H and O–H groups in total. The predicted octanol–water partition coefficient (Wildman–Crippen LogP) is 2.80. The molecule has 0 amide bonds. The summed E-state index contributed by atoms with van der Waals surface area (Å²) >= 11 is 1.80. The van der Waals surface area contributed by atoms with E-state index in [1.54, 1.807) is 11.3 Å². The first-order valence-corrected chi connectivity index (χ1v) is 6.79. The van der Waals surface area contributed by atoms with Crippen LogP contribution in [0.15, 0.2) is 17.6 Å². The lowest BCUT2D eigenvalue weighted by atomic mass is 10.0. The summed E-state index contributed by atoms with van der Waals surface area (Å²) in [5, 5.41) is 10.1. The van der Waals surface area contributed by atoms with Gasteiger partial charge in [0.15, 0.2) is 0 Å². The molecule has 2 aromatic heterocycles. The SMILES string of the molecule is CCNC(c1cn(C)nc1C)c1ccsc1C. The molecule has 0 fully saturated rings. The molecule has 0 aliphatic rings. The van der Waals surface area contributed by atoms with Crippen LogP contribution in [-0.4, -0.2) is 16.3 Å². The summed E-state index contributed by atoms with van der Waals surface area (Å²) in [5.74, 6) is 0. The van der Waals surface area contributed by atoms with Gasteiger partial charge in [0.05, 0.1) is 11.7 Å². The zero-order valence-corrected chi connectivity index (χ0v) is 11.6. The summed E-state index contributed by atoms with van der Waals surface area (Å²) < 4.78 is 1.89. The van der Waals surface area contributed by atoms with Crippen molar-refractivity contribution in [3.8, 4) is 0 Å². The molecule has 0 saturated carbocycles. The van der Waals surface area contributed by atoms with Crippen molar-refractivity contribution in [2.24, 2.45) is 7.05 Å². The minimum Gasteiger partial charge on any atom is -0.306 e. The number of hydrogen-bond acceptors (Lipinski definition) is 3. The van der Waals surface area contributed by atoms with E-state index in [0.717, 1.165) is 12.2 Å². The fourth-order valence-electron chi connectivity index (χ4n) is 2.19. The maximum Gasteiger partial charge on any atom is 0.0644 e. The third kappa shape index (κ3) is 2.42. The molecule has 1 unspecified atom stereocenters. The molecule has 0 radical (unpaired) electrons. The van der Waals surface area contributed by atoms with E-state index in [2.05, 4.69) is 48.8 Å². The van der Waals surface area contributed by atoms with Crippen LogP contribution in [0.25, 0.3) is 0 Å². The first-order chi connectivity index (χ1) is 8.13. The van der Waals surface area contributed by atoms with Gasteiger partial charge in [0.25, 0.3) is 0 Å². The molecule has 4 heteroatoms. The highest BCUT2D eigenvalue weighted by atomic mass is 32.1. The Bertz CT molecular complexity index is 498. The average molecular weight is 249 g/mol. The molecule has 17 heavy (non-hydrogen) atoms. The minimum atomic E-state index is 0.264. The highest BCUT2D eigenvalue weighted by Gasteiger charge is 2.19. The largest absolute Gasteiger partial charge is 0.306 e. The van der Waals surface area contributed by atoms with Crippen LogP contribution in [0.2, 0.25) is 0 Å². The summed E-state index contributed by atoms with van der Waals surface area (Å²) in [4.78, 5) is 1.37. The Balaban J connectivity index is 2.42. The van der Waals surface area contributed by atoms with Gasteiger partial charge in [0, 0.05) is 23.7 Å². The highest BCUT2D eigenvalue weighted by molar-refractivity contribution is 7.10. The summed E-state index contributed by atoms with van der Waals surface area (Å²) in [5.41, 5.74) is 3.74. The van der Waals surface area contributed by atoms with Gasteiger partial charge in [-0.25, -0.2) is 0 Å². The zero-order chi connectivity index (χ0) is 12.4. The highest BCUT2D eigenvalue weighted by Crippen LogP contribution is 2.29. The van der Waals surface area contributed by atoms with Crippen molar-refractivity contribution >= 4 is 11.3 Å². The van der Waals surface area contributed by atoms with Gasteiger partial charge in [-0.2, -0.15) is 5.10 Å². The summed E-state index contributed by atoms with van der Waals surface area (Å²) in [6.07, 6.45) is 2.11. The topological polar surface area (TPSA) is 29.9 Å². The standard InChI is InChI=1S/C13H19N3S/c1-5-14-13(11-6-7-17-10(11)3)12-8-16(4)15-9(12)2/h6-8,13-14H,5H2,1-4H3. The molecule has 0 aliphatic heterocycles. The predicted molar refractivity (Wildman–Crippen MR) is 72.5 cm³/mol. The molecular weight excluding hydrogens is 230 g/mol. The van der Waals surface area contributed by atoms with Crippen LogP contribution in [0.4, 0.5) is 0 Å². The maximum atomic E-state index is 4.43. The fraction of sp³-hybridized carbons (Fsp3) is 0.462. The van der Waals surface area contributed by atoms with Crippen molar-refractivity contribution in [2.45, 2.75) is 26.8 Å². The lowest BCUT2D eigenvalue weighted by molar-refractivity contribution is 0.626. The second-order valence-corrected chi connectivity index (χ2v) is 5.39. The first-order valence-electron chi connectivity index (χ1n) is 5.91. The molecule has 0 aromatic carbocycles. The molecule has 0 aliphatic carbocycles. The van der Waals surface area contributed by atoms with E-state index < -0.39 is 0 Å². The van der Waals surface area contributed by atoms with Gasteiger partial charge in [0.2, 0.25) is 0 Å². The van der Waals surface area contributed by atoms with Crippen molar-refractivity contribution in [3.63, 3.8) is 0 Å². The van der Waals surface area contributed by atoms with Crippen LogP contribution in [0.5, 0.6) is 0 Å². The van der Waals surface area contributed by atoms with Crippen molar-refractivity contribution in [3.05, 3.63) is 39.3 Å². The molecule has 2 rings (SSSR count). The van der Waals surface area contributed by atoms with E-state index in [1.807, 2.05) is 11.7 Å². The van der Waals surface area contributed by atoms with Crippen LogP contribution < -0.4 is 5.32 Å². The normalized spacial score (nSPS) is 12.9. The van der Waals surface area contributed by atoms with Gasteiger partial charge in [0.1, 0.15) is 0 Å². The lowest BCUT2D eigenvalue weighted by Gasteiger charge is -2.17. The van der Waals surface area contributed by atoms with E-state index in [9.17, 15) is 0 Å². The molecule has 2 aromatic rings. The van der Waals surface area contributed by atoms with Crippen molar-refractivity contribution in [1.29, 1.82) is 0 Å². The fourth-order valence-corrected chi connectivity index (χ4v) is 2.93. The van der Waals surface area contributed by atoms with Crippen LogP contribution in [0.1, 0.15) is 34.7 Å². The third-order valence-corrected chi connectivity index (χ3v) is 3.84. The summed E-state index contributed by atoms with van der Waals surface area (Å²) in [7, 11) is 1.97. The van der Waals surface area contributed by atoms with Crippen molar-refractivity contribution in [1.82, 2.24) is 15.1 Å². The average Bonchev–Trinajstić information content (AvgIpc) is 2.82. The van der Waals surface area contributed by atoms with Crippen LogP contribution >= 0.6 is 11.3 Å². The molecule has 2 heterocycles. The van der Waals surface area contributed by atoms with E-state index >= 15 is 0 Å². The Morgan fingerprint density at radius 3 is 2.65 bits per heavy atom. The van der Waals surface area contributed by atoms with E-state index in [-0.39, 0.29) is 6.04 Å². The molecule has 0 spiro atoms. The van der Waals surface area contributed by atoms with Gasteiger partial charge in [-0.15, -0.1) is 11.3 Å². The Hall–Kier alpha value is -1.13. The number of aromatic nitrogens is 2. The molecule has 3 nitrogen and oxygen atoms in total. The molecule has 0 saturated heterocycles. The van der Waals surface area contributed by atoms with Gasteiger partial charge in [-0.1, -0.05) is 6.92 Å². The van der Waals surface area contributed by atoms with Crippen molar-refractivity contribution in [2.75, 3.05) is 6.54 Å². The number of thiophene rings is 1. The lowest BCUT2D eigenvalue weighted by Crippen LogP contribution is -2.22. The van der Waals surface area contributed by atoms with E-state index in [0.29, 0.717) is 0 Å². The van der Waals surface area contributed by atoms with Gasteiger partial charge < -0.3 is 5.32 Å². The summed E-state index contributed by atoms with van der Waals surface area (Å²) in [6, 6.07) is 2.47. The van der Waals surface area contributed by atoms with Gasteiger partial charge in [-0.05, 0) is 37.4 Å². The summed E-state index contributed by atoms with van der Waals surface area (Å²) in [6.45, 7) is 7.34. The maximum absolute atomic E-state index is 4.43. The van der Waals surface area contributed by atoms with Crippen LogP contribution in [-0.2, 0) is 7.05 Å². The zero-order valence-electron chi connectivity index (χ0n) is 10.8. The van der Waals surface area contributed by atoms with E-state index in [4.69, 9.17) is 0 Å². The van der Waals surface area contributed by atoms with Crippen LogP contribution in [0.3, 0.4) is 0 Å². The van der Waals surface area contributed by atoms with Crippen molar-refractivity contribution < 1.29 is 0 Å². The Kier molecular flexibility index (Phi) is 3.64. The molecular formula is C13H19N3S. The van der Waals surface area contributed by atoms with Crippen LogP contribution in [0, 0.1) is 13.8 Å². The van der Waals surface area contributed by atoms with E-state index in [1.165, 1.54) is 16.0 Å². The quantitative estimate of drug-likeness (QED) is 0.903. The number of nitrogens with zero attached hydrogens (tertiary/aromatic N) is 2. The number of rotatable bonds is 4. The molecule has 1 atom stereocenters. The second kappa shape index (κ2) is 5.02. The number of nitrogens with one attached hydrogen (secondary N) is 1. The minimum absolute atomic E-state index is 0.264. The number of aryl methyl sites for hydroxylation is 3.